The van der Waals surface area contributed by atoms with Gasteiger partial charge in [-0.1, -0.05) is 115 Å². The summed E-state index contributed by atoms with van der Waals surface area (Å²) in [5.74, 6) is 1.87. The summed E-state index contributed by atoms with van der Waals surface area (Å²) in [4.78, 5) is 16.6. The summed E-state index contributed by atoms with van der Waals surface area (Å²) in [6.07, 6.45) is 7.03. The van der Waals surface area contributed by atoms with E-state index in [1.807, 2.05) is 60.7 Å². The molecule has 260 valence electrons. The highest BCUT2D eigenvalue weighted by Gasteiger charge is 2.19. The Hall–Kier alpha value is -6.50. The minimum Gasteiger partial charge on any atom is -0.309 e. The molecule has 3 aromatic heterocycles. The third-order valence-electron chi connectivity index (χ3n) is 10.4. The van der Waals surface area contributed by atoms with Gasteiger partial charge in [0.1, 0.15) is 0 Å². The van der Waals surface area contributed by atoms with Gasteiger partial charge in [-0.15, -0.1) is 0 Å². The molecule has 0 aliphatic rings. The van der Waals surface area contributed by atoms with E-state index in [1.165, 1.54) is 38.0 Å². The monoisotopic (exact) mass is 715 g/mol. The SMILES string of the molecule is CS(C)(C)c1ccc(-n2c3ccccc3c3ccc(-c4ccc5c(c4)c4ccccc4n5-c4nc(-c5ccccc5)nc(-c5ccccc5)n4)cc32)cc1. The smallest absolute Gasteiger partial charge is 0.238 e. The van der Waals surface area contributed by atoms with Crippen LogP contribution in [-0.4, -0.2) is 42.9 Å². The number of benzene rings is 7. The minimum atomic E-state index is -0.818. The molecule has 0 N–H and O–H groups in total. The standard InChI is InChI=1S/C48H37N5S/c1-54(2,3)37-26-24-36(25-27-37)52-42-20-12-10-18-38(42)40-28-22-35(31-45(40)52)34-23-29-44-41(30-34)39-19-11-13-21-43(39)53(44)48-50-46(32-14-6-4-7-15-32)49-47(51-48)33-16-8-5-9-17-33/h4-31H,1-3H3. The molecular weight excluding hydrogens is 679 g/mol. The minimum absolute atomic E-state index is 0.590. The Kier molecular flexibility index (Phi) is 7.49. The second-order valence-electron chi connectivity index (χ2n) is 14.5. The third-order valence-corrected chi connectivity index (χ3v) is 12.1. The highest BCUT2D eigenvalue weighted by molar-refractivity contribution is 8.32. The van der Waals surface area contributed by atoms with Crippen LogP contribution in [0.2, 0.25) is 0 Å². The predicted octanol–water partition coefficient (Wildman–Crippen LogP) is 12.1. The molecule has 0 radical (unpaired) electrons. The van der Waals surface area contributed by atoms with Crippen LogP contribution in [0.4, 0.5) is 0 Å². The van der Waals surface area contributed by atoms with Gasteiger partial charge in [0, 0.05) is 38.4 Å². The highest BCUT2D eigenvalue weighted by atomic mass is 32.3. The Morgan fingerprint density at radius 1 is 0.370 bits per heavy atom. The molecule has 0 saturated carbocycles. The summed E-state index contributed by atoms with van der Waals surface area (Å²) in [5.41, 5.74) is 9.87. The predicted molar refractivity (Wildman–Crippen MR) is 228 cm³/mol. The molecule has 0 aliphatic carbocycles. The molecular formula is C48H37N5S. The van der Waals surface area contributed by atoms with Crippen LogP contribution in [0.1, 0.15) is 0 Å². The van der Waals surface area contributed by atoms with Crippen molar-refractivity contribution in [2.45, 2.75) is 4.90 Å². The van der Waals surface area contributed by atoms with Crippen LogP contribution in [0.5, 0.6) is 0 Å². The number of hydrogen-bond donors (Lipinski definition) is 0. The van der Waals surface area contributed by atoms with E-state index < -0.39 is 10.0 Å². The van der Waals surface area contributed by atoms with Crippen molar-refractivity contribution in [2.75, 3.05) is 18.8 Å². The average molecular weight is 716 g/mol. The van der Waals surface area contributed by atoms with Crippen LogP contribution in [0, 0.1) is 0 Å². The van der Waals surface area contributed by atoms with Gasteiger partial charge in [-0.25, -0.2) is 15.0 Å². The number of nitrogens with zero attached hydrogens (tertiary/aromatic N) is 5. The largest absolute Gasteiger partial charge is 0.309 e. The third kappa shape index (κ3) is 5.37. The van der Waals surface area contributed by atoms with Gasteiger partial charge in [-0.2, -0.15) is 9.97 Å². The van der Waals surface area contributed by atoms with Crippen molar-refractivity contribution in [2.24, 2.45) is 0 Å². The first-order valence-electron chi connectivity index (χ1n) is 18.1. The maximum absolute atomic E-state index is 5.10. The normalized spacial score (nSPS) is 12.3. The Morgan fingerprint density at radius 2 is 0.870 bits per heavy atom. The van der Waals surface area contributed by atoms with Gasteiger partial charge in [-0.05, 0) is 89.4 Å². The molecule has 0 aliphatic heterocycles. The van der Waals surface area contributed by atoms with Crippen LogP contribution >= 0.6 is 10.0 Å². The van der Waals surface area contributed by atoms with Crippen LogP contribution in [0.15, 0.2) is 175 Å². The van der Waals surface area contributed by atoms with Crippen molar-refractivity contribution < 1.29 is 0 Å². The van der Waals surface area contributed by atoms with E-state index >= 15 is 0 Å². The topological polar surface area (TPSA) is 48.5 Å². The Labute approximate surface area is 315 Å². The van der Waals surface area contributed by atoms with Crippen molar-refractivity contribution in [3.05, 3.63) is 170 Å². The Morgan fingerprint density at radius 3 is 1.50 bits per heavy atom. The lowest BCUT2D eigenvalue weighted by Gasteiger charge is -2.26. The number of hydrogen-bond acceptors (Lipinski definition) is 3. The van der Waals surface area contributed by atoms with Crippen molar-refractivity contribution in [1.29, 1.82) is 0 Å². The molecule has 6 heteroatoms. The molecule has 10 aromatic rings. The molecule has 3 heterocycles. The first-order chi connectivity index (χ1) is 26.4. The van der Waals surface area contributed by atoms with Crippen molar-refractivity contribution in [1.82, 2.24) is 24.1 Å². The van der Waals surface area contributed by atoms with Gasteiger partial charge in [0.2, 0.25) is 5.95 Å². The van der Waals surface area contributed by atoms with Crippen LogP contribution < -0.4 is 0 Å². The van der Waals surface area contributed by atoms with E-state index in [-0.39, 0.29) is 0 Å². The van der Waals surface area contributed by atoms with Gasteiger partial charge in [0.25, 0.3) is 0 Å². The fraction of sp³-hybridized carbons (Fsp3) is 0.0625. The lowest BCUT2D eigenvalue weighted by atomic mass is 10.0. The lowest BCUT2D eigenvalue weighted by molar-refractivity contribution is 0.953. The summed E-state index contributed by atoms with van der Waals surface area (Å²) < 4.78 is 4.59. The van der Waals surface area contributed by atoms with E-state index in [0.29, 0.717) is 17.6 Å². The van der Waals surface area contributed by atoms with Gasteiger partial charge in [0.05, 0.1) is 22.1 Å². The second kappa shape index (κ2) is 12.6. The zero-order valence-electron chi connectivity index (χ0n) is 30.3. The average Bonchev–Trinajstić information content (AvgIpc) is 3.73. The first-order valence-corrected chi connectivity index (χ1v) is 21.0. The molecule has 0 atom stereocenters. The number of fused-ring (bicyclic) bond motifs is 6. The summed E-state index contributed by atoms with van der Waals surface area (Å²) in [5, 5.41) is 4.79. The molecule has 54 heavy (non-hydrogen) atoms. The van der Waals surface area contributed by atoms with Crippen molar-refractivity contribution in [3.8, 4) is 45.5 Å². The first kappa shape index (κ1) is 32.2. The Balaban J connectivity index is 1.16. The summed E-state index contributed by atoms with van der Waals surface area (Å²) in [6, 6.07) is 60.3. The molecule has 0 fully saturated rings. The molecule has 5 nitrogen and oxygen atoms in total. The van der Waals surface area contributed by atoms with Crippen molar-refractivity contribution >= 4 is 53.6 Å². The van der Waals surface area contributed by atoms with E-state index in [0.717, 1.165) is 38.5 Å². The lowest BCUT2D eigenvalue weighted by Crippen LogP contribution is -2.06. The molecule has 0 unspecified atom stereocenters. The van der Waals surface area contributed by atoms with Gasteiger partial charge in [0.15, 0.2) is 11.6 Å². The van der Waals surface area contributed by atoms with Crippen LogP contribution in [0.25, 0.3) is 89.2 Å². The van der Waals surface area contributed by atoms with E-state index in [4.69, 9.17) is 15.0 Å². The Bertz CT molecular complexity index is 2950. The van der Waals surface area contributed by atoms with E-state index in [1.54, 1.807) is 0 Å². The quantitative estimate of drug-likeness (QED) is 0.172. The molecule has 7 aromatic carbocycles. The van der Waals surface area contributed by atoms with Crippen LogP contribution in [-0.2, 0) is 0 Å². The summed E-state index contributed by atoms with van der Waals surface area (Å²) >= 11 is 0. The van der Waals surface area contributed by atoms with Gasteiger partial charge < -0.3 is 4.57 Å². The maximum Gasteiger partial charge on any atom is 0.238 e. The highest BCUT2D eigenvalue weighted by Crippen LogP contribution is 2.45. The molecule has 10 rings (SSSR count). The van der Waals surface area contributed by atoms with Crippen molar-refractivity contribution in [3.63, 3.8) is 0 Å². The molecule has 0 amide bonds. The second-order valence-corrected chi connectivity index (χ2v) is 18.7. The van der Waals surface area contributed by atoms with Crippen LogP contribution in [0.3, 0.4) is 0 Å². The van der Waals surface area contributed by atoms with Gasteiger partial charge >= 0.3 is 0 Å². The summed E-state index contributed by atoms with van der Waals surface area (Å²) in [7, 11) is -0.818. The number of aromatic nitrogens is 5. The zero-order chi connectivity index (χ0) is 36.4. The van der Waals surface area contributed by atoms with Gasteiger partial charge in [-0.3, -0.25) is 4.57 Å². The fourth-order valence-corrected chi connectivity index (χ4v) is 8.65. The number of rotatable bonds is 6. The number of para-hydroxylation sites is 2. The molecule has 0 bridgehead atoms. The molecule has 0 spiro atoms. The van der Waals surface area contributed by atoms with E-state index in [2.05, 4.69) is 137 Å². The summed E-state index contributed by atoms with van der Waals surface area (Å²) in [6.45, 7) is 0. The van der Waals surface area contributed by atoms with E-state index in [9.17, 15) is 0 Å². The maximum atomic E-state index is 5.10. The molecule has 0 saturated heterocycles. The fourth-order valence-electron chi connectivity index (χ4n) is 7.70. The zero-order valence-corrected chi connectivity index (χ0v) is 31.1.